The highest BCUT2D eigenvalue weighted by Gasteiger charge is 2.21. The Bertz CT molecular complexity index is 1330. The van der Waals surface area contributed by atoms with Gasteiger partial charge in [-0.05, 0) is 43.3 Å². The number of thioether (sulfide) groups is 1. The summed E-state index contributed by atoms with van der Waals surface area (Å²) in [7, 11) is 0. The molecular formula is C21H15ClFN5O2S. The summed E-state index contributed by atoms with van der Waals surface area (Å²) in [6, 6.07) is 12.5. The third-order valence-electron chi connectivity index (χ3n) is 4.36. The van der Waals surface area contributed by atoms with E-state index in [1.165, 1.54) is 35.2 Å². The van der Waals surface area contributed by atoms with Crippen LogP contribution in [0.1, 0.15) is 6.92 Å². The Kier molecular flexibility index (Phi) is 5.97. The van der Waals surface area contributed by atoms with Gasteiger partial charge in [-0.25, -0.2) is 19.3 Å². The van der Waals surface area contributed by atoms with Crippen LogP contribution in [0.2, 0.25) is 5.02 Å². The van der Waals surface area contributed by atoms with Crippen LogP contribution in [0.4, 0.5) is 10.3 Å². The van der Waals surface area contributed by atoms with Crippen molar-refractivity contribution in [1.29, 1.82) is 0 Å². The lowest BCUT2D eigenvalue weighted by atomic mass is 10.2. The van der Waals surface area contributed by atoms with Gasteiger partial charge in [-0.1, -0.05) is 35.5 Å². The molecule has 2 aromatic heterocycles. The van der Waals surface area contributed by atoms with Gasteiger partial charge in [0.25, 0.3) is 5.56 Å². The number of benzene rings is 2. The highest BCUT2D eigenvalue weighted by Crippen LogP contribution is 2.27. The molecule has 0 fully saturated rings. The van der Waals surface area contributed by atoms with Crippen LogP contribution in [0.5, 0.6) is 0 Å². The van der Waals surface area contributed by atoms with Crippen molar-refractivity contribution in [3.05, 3.63) is 82.1 Å². The van der Waals surface area contributed by atoms with Gasteiger partial charge in [0.2, 0.25) is 11.9 Å². The van der Waals surface area contributed by atoms with Gasteiger partial charge >= 0.3 is 0 Å². The lowest BCUT2D eigenvalue weighted by molar-refractivity contribution is -0.115. The fourth-order valence-electron chi connectivity index (χ4n) is 2.83. The van der Waals surface area contributed by atoms with Crippen molar-refractivity contribution in [2.45, 2.75) is 17.3 Å². The summed E-state index contributed by atoms with van der Waals surface area (Å²) in [6.45, 7) is 1.67. The maximum absolute atomic E-state index is 13.7. The molecule has 0 aliphatic rings. The number of carbonyl (C=O) groups excluding carboxylic acids is 1. The van der Waals surface area contributed by atoms with Crippen LogP contribution in [0.15, 0.2) is 70.9 Å². The number of anilines is 1. The summed E-state index contributed by atoms with van der Waals surface area (Å²) >= 11 is 7.02. The first-order chi connectivity index (χ1) is 14.9. The Morgan fingerprint density at radius 3 is 2.65 bits per heavy atom. The lowest BCUT2D eigenvalue weighted by Gasteiger charge is -2.16. The molecule has 1 amide bonds. The van der Waals surface area contributed by atoms with Gasteiger partial charge in [0, 0.05) is 12.4 Å². The van der Waals surface area contributed by atoms with Crippen molar-refractivity contribution in [3.63, 3.8) is 0 Å². The number of nitrogens with one attached hydrogen (secondary N) is 1. The van der Waals surface area contributed by atoms with E-state index in [1.54, 1.807) is 37.3 Å². The van der Waals surface area contributed by atoms with Crippen molar-refractivity contribution in [2.24, 2.45) is 0 Å². The van der Waals surface area contributed by atoms with E-state index in [0.29, 0.717) is 16.6 Å². The zero-order valence-corrected chi connectivity index (χ0v) is 17.7. The third kappa shape index (κ3) is 4.42. The second kappa shape index (κ2) is 8.83. The number of rotatable bonds is 5. The number of amides is 1. The molecule has 0 spiro atoms. The van der Waals surface area contributed by atoms with Crippen molar-refractivity contribution in [1.82, 2.24) is 19.5 Å². The van der Waals surface area contributed by atoms with Crippen LogP contribution in [0, 0.1) is 5.82 Å². The van der Waals surface area contributed by atoms with E-state index in [-0.39, 0.29) is 27.6 Å². The number of nitrogens with zero attached hydrogens (tertiary/aromatic N) is 4. The number of hydrogen-bond donors (Lipinski definition) is 1. The van der Waals surface area contributed by atoms with E-state index in [2.05, 4.69) is 20.3 Å². The zero-order valence-electron chi connectivity index (χ0n) is 16.1. The van der Waals surface area contributed by atoms with Gasteiger partial charge in [0.15, 0.2) is 5.16 Å². The first-order valence-corrected chi connectivity index (χ1v) is 10.4. The van der Waals surface area contributed by atoms with Crippen LogP contribution >= 0.6 is 23.4 Å². The molecule has 156 valence electrons. The lowest BCUT2D eigenvalue weighted by Crippen LogP contribution is -2.26. The van der Waals surface area contributed by atoms with Crippen LogP contribution in [0.25, 0.3) is 16.6 Å². The Hall–Kier alpha value is -3.30. The summed E-state index contributed by atoms with van der Waals surface area (Å²) in [5, 5.41) is 2.51. The summed E-state index contributed by atoms with van der Waals surface area (Å²) in [5.41, 5.74) is 0.476. The predicted octanol–water partition coefficient (Wildman–Crippen LogP) is 4.09. The average molecular weight is 456 g/mol. The Morgan fingerprint density at radius 2 is 1.90 bits per heavy atom. The predicted molar refractivity (Wildman–Crippen MR) is 118 cm³/mol. The smallest absolute Gasteiger partial charge is 0.266 e. The number of aromatic nitrogens is 4. The number of hydrogen-bond acceptors (Lipinski definition) is 6. The zero-order chi connectivity index (χ0) is 22.0. The Balaban J connectivity index is 1.76. The number of carbonyl (C=O) groups is 1. The molecule has 10 heteroatoms. The Labute approximate surface area is 185 Å². The van der Waals surface area contributed by atoms with Gasteiger partial charge < -0.3 is 0 Å². The van der Waals surface area contributed by atoms with Gasteiger partial charge in [0.05, 0.1) is 26.9 Å². The molecule has 1 atom stereocenters. The van der Waals surface area contributed by atoms with E-state index < -0.39 is 11.1 Å². The molecular weight excluding hydrogens is 441 g/mol. The van der Waals surface area contributed by atoms with E-state index >= 15 is 0 Å². The van der Waals surface area contributed by atoms with E-state index in [1.807, 2.05) is 0 Å². The minimum Gasteiger partial charge on any atom is -0.294 e. The number of halogens is 2. The van der Waals surface area contributed by atoms with Gasteiger partial charge in [-0.3, -0.25) is 19.5 Å². The second-order valence-electron chi connectivity index (χ2n) is 6.47. The summed E-state index contributed by atoms with van der Waals surface area (Å²) < 4.78 is 15.0. The minimum atomic E-state index is -0.640. The molecule has 2 aromatic carbocycles. The summed E-state index contributed by atoms with van der Waals surface area (Å²) in [6.07, 6.45) is 3.03. The number of fused-ring (bicyclic) bond motifs is 1. The highest BCUT2D eigenvalue weighted by molar-refractivity contribution is 8.00. The molecule has 4 rings (SSSR count). The molecule has 4 aromatic rings. The quantitative estimate of drug-likeness (QED) is 0.360. The van der Waals surface area contributed by atoms with Crippen LogP contribution in [0.3, 0.4) is 0 Å². The fourth-order valence-corrected chi connectivity index (χ4v) is 3.93. The monoisotopic (exact) mass is 455 g/mol. The fraction of sp³-hybridized carbons (Fsp3) is 0.0952. The maximum Gasteiger partial charge on any atom is 0.266 e. The second-order valence-corrected chi connectivity index (χ2v) is 8.19. The first-order valence-electron chi connectivity index (χ1n) is 9.16. The van der Waals surface area contributed by atoms with Crippen molar-refractivity contribution < 1.29 is 9.18 Å². The first kappa shape index (κ1) is 21.0. The number of para-hydroxylation sites is 1. The van der Waals surface area contributed by atoms with E-state index in [9.17, 15) is 14.0 Å². The molecule has 2 heterocycles. The molecule has 1 N–H and O–H groups in total. The average Bonchev–Trinajstić information content (AvgIpc) is 2.77. The Morgan fingerprint density at radius 1 is 1.16 bits per heavy atom. The third-order valence-corrected chi connectivity index (χ3v) is 5.70. The van der Waals surface area contributed by atoms with Crippen molar-refractivity contribution >= 4 is 46.1 Å². The molecule has 0 aliphatic carbocycles. The summed E-state index contributed by atoms with van der Waals surface area (Å²) in [4.78, 5) is 38.4. The van der Waals surface area contributed by atoms with E-state index in [4.69, 9.17) is 11.6 Å². The molecule has 0 saturated heterocycles. The van der Waals surface area contributed by atoms with Crippen LogP contribution < -0.4 is 10.9 Å². The standard InChI is InChI=1S/C21H15ClFN5O2S/c1-12(18(29)27-20-24-9-4-10-25-20)31-21-26-17-6-3-2-5-14(17)19(30)28(21)13-7-8-16(23)15(22)11-13/h2-12H,1H3,(H,24,25,27,29). The van der Waals surface area contributed by atoms with Crippen LogP contribution in [-0.4, -0.2) is 30.7 Å². The topological polar surface area (TPSA) is 89.8 Å². The largest absolute Gasteiger partial charge is 0.294 e. The SMILES string of the molecule is CC(Sc1nc2ccccc2c(=O)n1-c1ccc(F)c(Cl)c1)C(=O)Nc1ncccn1. The molecule has 0 radical (unpaired) electrons. The van der Waals surface area contributed by atoms with Crippen LogP contribution in [-0.2, 0) is 4.79 Å². The molecule has 31 heavy (non-hydrogen) atoms. The molecule has 0 saturated carbocycles. The molecule has 0 bridgehead atoms. The van der Waals surface area contributed by atoms with E-state index in [0.717, 1.165) is 11.8 Å². The van der Waals surface area contributed by atoms with Crippen molar-refractivity contribution in [3.8, 4) is 5.69 Å². The molecule has 0 aliphatic heterocycles. The van der Waals surface area contributed by atoms with Gasteiger partial charge in [0.1, 0.15) is 5.82 Å². The van der Waals surface area contributed by atoms with Gasteiger partial charge in [-0.2, -0.15) is 0 Å². The molecule has 1 unspecified atom stereocenters. The molecule has 7 nitrogen and oxygen atoms in total. The van der Waals surface area contributed by atoms with Crippen molar-refractivity contribution in [2.75, 3.05) is 5.32 Å². The summed E-state index contributed by atoms with van der Waals surface area (Å²) in [5.74, 6) is -0.784. The highest BCUT2D eigenvalue weighted by atomic mass is 35.5. The maximum atomic E-state index is 13.7. The minimum absolute atomic E-state index is 0.125. The van der Waals surface area contributed by atoms with Gasteiger partial charge in [-0.15, -0.1) is 0 Å². The normalized spacial score (nSPS) is 12.0.